The van der Waals surface area contributed by atoms with Crippen molar-refractivity contribution in [2.75, 3.05) is 6.61 Å². The van der Waals surface area contributed by atoms with E-state index in [-0.39, 0.29) is 17.9 Å². The minimum absolute atomic E-state index is 0.212. The lowest BCUT2D eigenvalue weighted by atomic mass is 10.1. The van der Waals surface area contributed by atoms with Crippen molar-refractivity contribution in [2.45, 2.75) is 74.4 Å². The average Bonchev–Trinajstić information content (AvgIpc) is 2.57. The van der Waals surface area contributed by atoms with Crippen molar-refractivity contribution in [3.05, 3.63) is 30.3 Å². The van der Waals surface area contributed by atoms with Crippen LogP contribution in [0, 0.1) is 0 Å². The monoisotopic (exact) mass is 362 g/mol. The van der Waals surface area contributed by atoms with Crippen LogP contribution in [0.3, 0.4) is 0 Å². The highest BCUT2D eigenvalue weighted by Crippen LogP contribution is 2.33. The highest BCUT2D eigenvalue weighted by molar-refractivity contribution is 7.92. The first-order chi connectivity index (χ1) is 11.4. The quantitative estimate of drug-likeness (QED) is 0.505. The van der Waals surface area contributed by atoms with Gasteiger partial charge in [0.1, 0.15) is 0 Å². The summed E-state index contributed by atoms with van der Waals surface area (Å²) in [5.74, 6) is 0. The topological polar surface area (TPSA) is 54.4 Å². The molecule has 0 saturated carbocycles. The SMILES string of the molecule is O=S(=O)(c1ccccc1)C(F)(F)CCCCCCCCCCCO. The van der Waals surface area contributed by atoms with Gasteiger partial charge in [0.05, 0.1) is 4.90 Å². The van der Waals surface area contributed by atoms with Gasteiger partial charge in [0.25, 0.3) is 0 Å². The molecule has 0 atom stereocenters. The highest BCUT2D eigenvalue weighted by atomic mass is 32.2. The number of hydrogen-bond donors (Lipinski definition) is 1. The number of benzene rings is 1. The predicted octanol–water partition coefficient (Wildman–Crippen LogP) is 4.95. The fourth-order valence-corrected chi connectivity index (χ4v) is 3.86. The van der Waals surface area contributed by atoms with Gasteiger partial charge in [0.2, 0.25) is 9.84 Å². The van der Waals surface area contributed by atoms with E-state index in [4.69, 9.17) is 5.11 Å². The summed E-state index contributed by atoms with van der Waals surface area (Å²) in [4.78, 5) is -0.321. The van der Waals surface area contributed by atoms with Gasteiger partial charge in [0.15, 0.2) is 0 Å². The average molecular weight is 362 g/mol. The number of halogens is 2. The minimum atomic E-state index is -4.60. The molecular formula is C18H28F2O3S. The number of unbranched alkanes of at least 4 members (excludes halogenated alkanes) is 8. The molecule has 138 valence electrons. The molecule has 0 amide bonds. The van der Waals surface area contributed by atoms with Crippen LogP contribution in [-0.4, -0.2) is 25.4 Å². The third-order valence-electron chi connectivity index (χ3n) is 4.07. The third-order valence-corrected chi connectivity index (χ3v) is 5.96. The van der Waals surface area contributed by atoms with E-state index >= 15 is 0 Å². The fourth-order valence-electron chi connectivity index (χ4n) is 2.59. The van der Waals surface area contributed by atoms with Gasteiger partial charge in [-0.1, -0.05) is 63.1 Å². The van der Waals surface area contributed by atoms with Gasteiger partial charge in [-0.25, -0.2) is 8.42 Å². The molecule has 1 aromatic carbocycles. The Labute approximate surface area is 144 Å². The summed E-state index contributed by atoms with van der Waals surface area (Å²) in [6.07, 6.45) is 7.15. The lowest BCUT2D eigenvalue weighted by Gasteiger charge is -2.17. The predicted molar refractivity (Wildman–Crippen MR) is 91.8 cm³/mol. The molecule has 0 aliphatic rings. The molecule has 6 heteroatoms. The Kier molecular flexibility index (Phi) is 9.44. The van der Waals surface area contributed by atoms with Gasteiger partial charge < -0.3 is 5.11 Å². The van der Waals surface area contributed by atoms with Crippen LogP contribution in [-0.2, 0) is 9.84 Å². The first-order valence-electron chi connectivity index (χ1n) is 8.70. The molecular weight excluding hydrogens is 334 g/mol. The van der Waals surface area contributed by atoms with Crippen LogP contribution in [0.4, 0.5) is 8.78 Å². The summed E-state index contributed by atoms with van der Waals surface area (Å²) >= 11 is 0. The van der Waals surface area contributed by atoms with Gasteiger partial charge in [0, 0.05) is 13.0 Å². The Morgan fingerprint density at radius 1 is 0.792 bits per heavy atom. The van der Waals surface area contributed by atoms with E-state index in [0.717, 1.165) is 44.9 Å². The van der Waals surface area contributed by atoms with Crippen molar-refractivity contribution < 1.29 is 22.3 Å². The van der Waals surface area contributed by atoms with Crippen molar-refractivity contribution in [1.82, 2.24) is 0 Å². The van der Waals surface area contributed by atoms with Crippen LogP contribution in [0.15, 0.2) is 35.2 Å². The van der Waals surface area contributed by atoms with Crippen LogP contribution in [0.25, 0.3) is 0 Å². The molecule has 0 spiro atoms. The minimum Gasteiger partial charge on any atom is -0.396 e. The second-order valence-electron chi connectivity index (χ2n) is 6.11. The van der Waals surface area contributed by atoms with Crippen LogP contribution in [0.1, 0.15) is 64.2 Å². The zero-order valence-corrected chi connectivity index (χ0v) is 14.9. The Hall–Kier alpha value is -1.01. The number of aliphatic hydroxyl groups excluding tert-OH is 1. The van der Waals surface area contributed by atoms with E-state index in [9.17, 15) is 17.2 Å². The molecule has 24 heavy (non-hydrogen) atoms. The van der Waals surface area contributed by atoms with Gasteiger partial charge in [-0.05, 0) is 25.0 Å². The molecule has 1 rings (SSSR count). The molecule has 1 aromatic rings. The second kappa shape index (κ2) is 10.8. The molecule has 3 nitrogen and oxygen atoms in total. The molecule has 1 N–H and O–H groups in total. The fraction of sp³-hybridized carbons (Fsp3) is 0.667. The molecule has 0 heterocycles. The van der Waals surface area contributed by atoms with Gasteiger partial charge in [-0.2, -0.15) is 8.78 Å². The summed E-state index contributed by atoms with van der Waals surface area (Å²) in [7, 11) is -4.60. The molecule has 0 saturated heterocycles. The Bertz CT molecular complexity index is 545. The van der Waals surface area contributed by atoms with Crippen molar-refractivity contribution >= 4 is 9.84 Å². The van der Waals surface area contributed by atoms with Crippen molar-refractivity contribution in [2.24, 2.45) is 0 Å². The summed E-state index contributed by atoms with van der Waals surface area (Å²) < 4.78 is 52.0. The maximum absolute atomic E-state index is 14.0. The largest absolute Gasteiger partial charge is 0.396 e. The molecule has 0 aliphatic carbocycles. The molecule has 0 aromatic heterocycles. The summed E-state index contributed by atoms with van der Waals surface area (Å²) in [5.41, 5.74) is 0. The van der Waals surface area contributed by atoms with Gasteiger partial charge in [-0.3, -0.25) is 0 Å². The summed E-state index contributed by atoms with van der Waals surface area (Å²) in [5, 5.41) is 4.95. The smallest absolute Gasteiger partial charge is 0.350 e. The summed E-state index contributed by atoms with van der Waals surface area (Å²) in [6, 6.07) is 6.91. The lowest BCUT2D eigenvalue weighted by Crippen LogP contribution is -2.28. The number of hydrogen-bond acceptors (Lipinski definition) is 3. The molecule has 0 fully saturated rings. The number of alkyl halides is 2. The maximum Gasteiger partial charge on any atom is 0.350 e. The molecule has 0 unspecified atom stereocenters. The lowest BCUT2D eigenvalue weighted by molar-refractivity contribution is 0.0788. The first kappa shape index (κ1) is 21.0. The normalized spacial score (nSPS) is 12.5. The molecule has 0 bridgehead atoms. The number of aliphatic hydroxyl groups is 1. The van der Waals surface area contributed by atoms with E-state index in [1.54, 1.807) is 6.07 Å². The van der Waals surface area contributed by atoms with Gasteiger partial charge >= 0.3 is 5.25 Å². The number of rotatable bonds is 13. The Morgan fingerprint density at radius 3 is 1.75 bits per heavy atom. The number of sulfone groups is 1. The Morgan fingerprint density at radius 2 is 1.25 bits per heavy atom. The van der Waals surface area contributed by atoms with Crippen molar-refractivity contribution in [3.63, 3.8) is 0 Å². The van der Waals surface area contributed by atoms with Crippen molar-refractivity contribution in [1.29, 1.82) is 0 Å². The second-order valence-corrected chi connectivity index (χ2v) is 8.18. The standard InChI is InChI=1S/C18H28F2O3S/c19-18(20,24(22,23)17-13-9-8-10-14-17)15-11-6-4-2-1-3-5-7-12-16-21/h8-10,13-14,21H,1-7,11-12,15-16H2. The van der Waals surface area contributed by atoms with Crippen LogP contribution in [0.2, 0.25) is 0 Å². The zero-order valence-electron chi connectivity index (χ0n) is 14.1. The van der Waals surface area contributed by atoms with Gasteiger partial charge in [-0.15, -0.1) is 0 Å². The van der Waals surface area contributed by atoms with E-state index in [2.05, 4.69) is 0 Å². The third kappa shape index (κ3) is 6.85. The first-order valence-corrected chi connectivity index (χ1v) is 10.2. The van der Waals surface area contributed by atoms with E-state index in [1.807, 2.05) is 0 Å². The van der Waals surface area contributed by atoms with Crippen LogP contribution >= 0.6 is 0 Å². The maximum atomic E-state index is 14.0. The molecule has 0 aliphatic heterocycles. The zero-order chi connectivity index (χ0) is 17.9. The Balaban J connectivity index is 2.24. The van der Waals surface area contributed by atoms with E-state index in [1.165, 1.54) is 24.3 Å². The van der Waals surface area contributed by atoms with Crippen LogP contribution in [0.5, 0.6) is 0 Å². The molecule has 0 radical (unpaired) electrons. The van der Waals surface area contributed by atoms with Crippen molar-refractivity contribution in [3.8, 4) is 0 Å². The summed E-state index contributed by atoms with van der Waals surface area (Å²) in [6.45, 7) is 0.236. The van der Waals surface area contributed by atoms with Crippen LogP contribution < -0.4 is 0 Å². The highest BCUT2D eigenvalue weighted by Gasteiger charge is 2.44. The van der Waals surface area contributed by atoms with E-state index in [0.29, 0.717) is 6.42 Å². The van der Waals surface area contributed by atoms with E-state index < -0.39 is 21.5 Å².